The largest absolute Gasteiger partial charge is 0.315 e. The van der Waals surface area contributed by atoms with Crippen LogP contribution in [0.4, 0.5) is 8.78 Å². The van der Waals surface area contributed by atoms with Crippen LogP contribution in [0.1, 0.15) is 25.2 Å². The van der Waals surface area contributed by atoms with Gasteiger partial charge in [0.25, 0.3) is 0 Å². The first-order valence-electron chi connectivity index (χ1n) is 8.68. The van der Waals surface area contributed by atoms with Gasteiger partial charge in [-0.2, -0.15) is 0 Å². The minimum Gasteiger partial charge on any atom is -0.315 e. The van der Waals surface area contributed by atoms with Crippen molar-refractivity contribution < 1.29 is 13.6 Å². The molecule has 7 heteroatoms. The van der Waals surface area contributed by atoms with Gasteiger partial charge in [-0.3, -0.25) is 4.79 Å². The Morgan fingerprint density at radius 3 is 2.70 bits per heavy atom. The van der Waals surface area contributed by atoms with Crippen LogP contribution in [-0.2, 0) is 4.79 Å². The molecule has 2 heterocycles. The summed E-state index contributed by atoms with van der Waals surface area (Å²) in [5.41, 5.74) is 3.03. The third kappa shape index (κ3) is 2.79. The Morgan fingerprint density at radius 1 is 1.22 bits per heavy atom. The molecule has 0 N–H and O–H groups in total. The first kappa shape index (κ1) is 17.3. The van der Waals surface area contributed by atoms with Crippen LogP contribution in [0.5, 0.6) is 0 Å². The molecule has 138 valence electrons. The number of fused-ring (bicyclic) bond motifs is 1. The predicted octanol–water partition coefficient (Wildman–Crippen LogP) is 3.56. The maximum atomic E-state index is 14.1. The van der Waals surface area contributed by atoms with Gasteiger partial charge in [-0.15, -0.1) is 5.10 Å². The van der Waals surface area contributed by atoms with Crippen LogP contribution in [0, 0.1) is 24.5 Å². The van der Waals surface area contributed by atoms with E-state index < -0.39 is 11.6 Å². The fourth-order valence-electron chi connectivity index (χ4n) is 3.38. The van der Waals surface area contributed by atoms with Crippen molar-refractivity contribution in [2.24, 2.45) is 5.92 Å². The molecule has 1 aliphatic carbocycles. The first-order chi connectivity index (χ1) is 12.9. The van der Waals surface area contributed by atoms with E-state index in [4.69, 9.17) is 0 Å². The molecular weight excluding hydrogens is 350 g/mol. The number of amides is 1. The van der Waals surface area contributed by atoms with E-state index in [0.717, 1.165) is 17.2 Å². The summed E-state index contributed by atoms with van der Waals surface area (Å²) in [7, 11) is 0. The molecule has 4 rings (SSSR count). The molecular formula is C20H18F2N4O. The number of nitrogens with zero attached hydrogens (tertiary/aromatic N) is 4. The van der Waals surface area contributed by atoms with E-state index in [9.17, 15) is 13.6 Å². The highest BCUT2D eigenvalue weighted by Crippen LogP contribution is 2.35. The number of carbonyl (C=O) groups excluding carboxylic acids is 1. The normalized spacial score (nSPS) is 18.8. The number of rotatable bonds is 3. The second kappa shape index (κ2) is 6.26. The SMILES string of the molecule is Cc1c(C2=CC3=CN(C(C)C)C(=O)C3C=C2)nnn1-c1ccc(F)cc1F. The van der Waals surface area contributed by atoms with Crippen molar-refractivity contribution in [1.29, 1.82) is 0 Å². The van der Waals surface area contributed by atoms with Crippen LogP contribution in [0.25, 0.3) is 11.3 Å². The van der Waals surface area contributed by atoms with Crippen LogP contribution in [0.15, 0.2) is 48.2 Å². The maximum absolute atomic E-state index is 14.1. The molecule has 1 unspecified atom stereocenters. The predicted molar refractivity (Wildman–Crippen MR) is 96.7 cm³/mol. The summed E-state index contributed by atoms with van der Waals surface area (Å²) in [6.45, 7) is 5.70. The number of allylic oxidation sites excluding steroid dienone is 3. The van der Waals surface area contributed by atoms with Crippen molar-refractivity contribution in [3.05, 3.63) is 71.2 Å². The third-order valence-corrected chi connectivity index (χ3v) is 4.82. The number of benzene rings is 1. The zero-order valence-corrected chi connectivity index (χ0v) is 15.1. The number of halogens is 2. The van der Waals surface area contributed by atoms with E-state index in [1.54, 1.807) is 11.8 Å². The lowest BCUT2D eigenvalue weighted by molar-refractivity contribution is -0.130. The van der Waals surface area contributed by atoms with Crippen molar-refractivity contribution >= 4 is 11.5 Å². The zero-order valence-electron chi connectivity index (χ0n) is 15.1. The van der Waals surface area contributed by atoms with Crippen LogP contribution < -0.4 is 0 Å². The molecule has 0 spiro atoms. The summed E-state index contributed by atoms with van der Waals surface area (Å²) in [4.78, 5) is 14.2. The van der Waals surface area contributed by atoms with E-state index in [-0.39, 0.29) is 23.6 Å². The number of hydrogen-bond acceptors (Lipinski definition) is 3. The molecule has 5 nitrogen and oxygen atoms in total. The van der Waals surface area contributed by atoms with Gasteiger partial charge in [-0.1, -0.05) is 17.4 Å². The van der Waals surface area contributed by atoms with Gasteiger partial charge >= 0.3 is 0 Å². The molecule has 0 saturated heterocycles. The zero-order chi connectivity index (χ0) is 19.3. The lowest BCUT2D eigenvalue weighted by Crippen LogP contribution is -2.31. The molecule has 1 atom stereocenters. The summed E-state index contributed by atoms with van der Waals surface area (Å²) in [6, 6.07) is 3.41. The molecule has 1 amide bonds. The molecule has 2 aliphatic rings. The maximum Gasteiger partial charge on any atom is 0.238 e. The van der Waals surface area contributed by atoms with E-state index in [1.807, 2.05) is 38.3 Å². The minimum absolute atomic E-state index is 0.0558. The average molecular weight is 368 g/mol. The highest BCUT2D eigenvalue weighted by Gasteiger charge is 2.34. The van der Waals surface area contributed by atoms with E-state index in [0.29, 0.717) is 11.4 Å². The number of carbonyl (C=O) groups is 1. The monoisotopic (exact) mass is 368 g/mol. The van der Waals surface area contributed by atoms with Gasteiger partial charge < -0.3 is 4.90 Å². The Bertz CT molecular complexity index is 1030. The van der Waals surface area contributed by atoms with Crippen molar-refractivity contribution in [3.8, 4) is 5.69 Å². The van der Waals surface area contributed by atoms with Crippen molar-refractivity contribution in [3.63, 3.8) is 0 Å². The molecule has 1 aromatic heterocycles. The second-order valence-corrected chi connectivity index (χ2v) is 6.94. The first-order valence-corrected chi connectivity index (χ1v) is 8.68. The van der Waals surface area contributed by atoms with Gasteiger partial charge in [0.15, 0.2) is 5.82 Å². The van der Waals surface area contributed by atoms with Crippen LogP contribution >= 0.6 is 0 Å². The minimum atomic E-state index is -0.709. The summed E-state index contributed by atoms with van der Waals surface area (Å²) in [6.07, 6.45) is 7.46. The van der Waals surface area contributed by atoms with Crippen LogP contribution in [0.3, 0.4) is 0 Å². The summed E-state index contributed by atoms with van der Waals surface area (Å²) in [5.74, 6) is -1.58. The number of hydrogen-bond donors (Lipinski definition) is 0. The Labute approximate surface area is 155 Å². The Kier molecular flexibility index (Phi) is 4.02. The van der Waals surface area contributed by atoms with Gasteiger partial charge in [0.1, 0.15) is 17.2 Å². The molecule has 27 heavy (non-hydrogen) atoms. The van der Waals surface area contributed by atoms with Gasteiger partial charge in [-0.05, 0) is 44.6 Å². The molecule has 0 bridgehead atoms. The summed E-state index contributed by atoms with van der Waals surface area (Å²) in [5, 5.41) is 8.20. The van der Waals surface area contributed by atoms with Gasteiger partial charge in [-0.25, -0.2) is 13.5 Å². The smallest absolute Gasteiger partial charge is 0.238 e. The molecule has 1 aliphatic heterocycles. The molecule has 0 fully saturated rings. The Balaban J connectivity index is 1.72. The molecule has 2 aromatic rings. The summed E-state index contributed by atoms with van der Waals surface area (Å²) < 4.78 is 28.6. The fourth-order valence-corrected chi connectivity index (χ4v) is 3.38. The van der Waals surface area contributed by atoms with E-state index in [1.165, 1.54) is 16.8 Å². The van der Waals surface area contributed by atoms with Crippen molar-refractivity contribution in [2.45, 2.75) is 26.8 Å². The van der Waals surface area contributed by atoms with Crippen molar-refractivity contribution in [1.82, 2.24) is 19.9 Å². The topological polar surface area (TPSA) is 51.0 Å². The summed E-state index contributed by atoms with van der Waals surface area (Å²) >= 11 is 0. The third-order valence-electron chi connectivity index (χ3n) is 4.82. The van der Waals surface area contributed by atoms with Crippen LogP contribution in [0.2, 0.25) is 0 Å². The highest BCUT2D eigenvalue weighted by atomic mass is 19.1. The lowest BCUT2D eigenvalue weighted by atomic mass is 9.91. The average Bonchev–Trinajstić information content (AvgIpc) is 3.15. The Morgan fingerprint density at radius 2 is 2.00 bits per heavy atom. The van der Waals surface area contributed by atoms with Gasteiger partial charge in [0, 0.05) is 23.9 Å². The lowest BCUT2D eigenvalue weighted by Gasteiger charge is -2.19. The molecule has 1 aromatic carbocycles. The van der Waals surface area contributed by atoms with Crippen LogP contribution in [-0.4, -0.2) is 31.8 Å². The van der Waals surface area contributed by atoms with Gasteiger partial charge in [0.2, 0.25) is 5.91 Å². The fraction of sp³-hybridized carbons (Fsp3) is 0.250. The quantitative estimate of drug-likeness (QED) is 0.832. The molecule has 0 radical (unpaired) electrons. The highest BCUT2D eigenvalue weighted by molar-refractivity contribution is 5.92. The second-order valence-electron chi connectivity index (χ2n) is 6.94. The van der Waals surface area contributed by atoms with Crippen molar-refractivity contribution in [2.75, 3.05) is 0 Å². The van der Waals surface area contributed by atoms with Gasteiger partial charge in [0.05, 0.1) is 11.6 Å². The van der Waals surface area contributed by atoms with E-state index >= 15 is 0 Å². The number of aromatic nitrogens is 3. The standard InChI is InChI=1S/C20H18F2N4O/c1-11(2)25-10-14-8-13(4-6-16(14)20(25)27)19-12(3)26(24-23-19)18-7-5-15(21)9-17(18)22/h4-11,16H,1-3H3. The molecule has 0 saturated carbocycles. The Hall–Kier alpha value is -3.09. The van der Waals surface area contributed by atoms with E-state index in [2.05, 4.69) is 10.3 Å².